The molecule has 1 aliphatic rings. The van der Waals surface area contributed by atoms with Crippen LogP contribution in [0, 0.1) is 0 Å². The van der Waals surface area contributed by atoms with Crippen molar-refractivity contribution in [3.05, 3.63) is 11.1 Å². The van der Waals surface area contributed by atoms with Crippen molar-refractivity contribution in [3.8, 4) is 11.8 Å². The summed E-state index contributed by atoms with van der Waals surface area (Å²) in [6.45, 7) is 2.99. The Labute approximate surface area is 109 Å². The van der Waals surface area contributed by atoms with E-state index >= 15 is 0 Å². The predicted molar refractivity (Wildman–Crippen MR) is 73.2 cm³/mol. The number of fused-ring (bicyclic) bond motifs is 1. The monoisotopic (exact) mass is 251 g/mol. The Balaban J connectivity index is 1.56. The van der Waals surface area contributed by atoms with Crippen LogP contribution in [0.2, 0.25) is 0 Å². The Hall–Kier alpha value is -1.12. The van der Waals surface area contributed by atoms with E-state index in [-0.39, 0.29) is 0 Å². The molecule has 102 valence electrons. The van der Waals surface area contributed by atoms with Crippen LogP contribution in [0.5, 0.6) is 11.8 Å². The van der Waals surface area contributed by atoms with E-state index in [1.807, 2.05) is 0 Å². The molecular formula is C15H25NO2. The highest BCUT2D eigenvalue weighted by Gasteiger charge is 2.32. The molecule has 0 aliphatic heterocycles. The van der Waals surface area contributed by atoms with Gasteiger partial charge in [-0.05, 0) is 6.42 Å². The van der Waals surface area contributed by atoms with Gasteiger partial charge in [-0.1, -0.05) is 51.9 Å². The number of unbranched alkanes of at least 4 members (excludes halogenated alkanes) is 7. The van der Waals surface area contributed by atoms with Gasteiger partial charge in [0.2, 0.25) is 0 Å². The Morgan fingerprint density at radius 1 is 0.833 bits per heavy atom. The molecule has 1 aliphatic carbocycles. The maximum atomic E-state index is 9.77. The van der Waals surface area contributed by atoms with Gasteiger partial charge in [-0.25, -0.2) is 0 Å². The van der Waals surface area contributed by atoms with E-state index in [4.69, 9.17) is 0 Å². The van der Waals surface area contributed by atoms with E-state index in [9.17, 15) is 10.2 Å². The van der Waals surface area contributed by atoms with Crippen LogP contribution in [0.15, 0.2) is 0 Å². The number of aromatic hydroxyl groups is 2. The van der Waals surface area contributed by atoms with E-state index < -0.39 is 0 Å². The second kappa shape index (κ2) is 6.17. The normalized spacial score (nSPS) is 12.7. The molecule has 2 N–H and O–H groups in total. The zero-order valence-corrected chi connectivity index (χ0v) is 11.4. The Bertz CT molecular complexity index is 370. The number of hydrogen-bond acceptors (Lipinski definition) is 2. The zero-order valence-electron chi connectivity index (χ0n) is 11.4. The van der Waals surface area contributed by atoms with Crippen LogP contribution in [-0.2, 0) is 13.0 Å². The van der Waals surface area contributed by atoms with Gasteiger partial charge >= 0.3 is 0 Å². The summed E-state index contributed by atoms with van der Waals surface area (Å²) in [5, 5.41) is 19.5. The third-order valence-electron chi connectivity index (χ3n) is 3.88. The summed E-state index contributed by atoms with van der Waals surface area (Å²) in [6, 6.07) is 0. The van der Waals surface area contributed by atoms with Gasteiger partial charge in [0.15, 0.2) is 11.8 Å². The molecule has 18 heavy (non-hydrogen) atoms. The number of rotatable bonds is 9. The molecule has 0 saturated heterocycles. The maximum absolute atomic E-state index is 9.77. The van der Waals surface area contributed by atoms with Crippen molar-refractivity contribution in [1.82, 2.24) is 4.57 Å². The van der Waals surface area contributed by atoms with Gasteiger partial charge in [0.25, 0.3) is 0 Å². The van der Waals surface area contributed by atoms with Crippen LogP contribution in [0.1, 0.15) is 69.4 Å². The molecule has 1 aromatic heterocycles. The average Bonchev–Trinajstić information content (AvgIpc) is 3.11. The van der Waals surface area contributed by atoms with Crippen molar-refractivity contribution < 1.29 is 10.2 Å². The highest BCUT2D eigenvalue weighted by Crippen LogP contribution is 2.46. The predicted octanol–water partition coefficient (Wildman–Crippen LogP) is 3.94. The lowest BCUT2D eigenvalue weighted by Crippen LogP contribution is -1.98. The van der Waals surface area contributed by atoms with Crippen molar-refractivity contribution in [2.24, 2.45) is 0 Å². The molecule has 0 radical (unpaired) electrons. The molecule has 0 fully saturated rings. The lowest BCUT2D eigenvalue weighted by molar-refractivity contribution is 0.355. The van der Waals surface area contributed by atoms with Gasteiger partial charge < -0.3 is 10.2 Å². The highest BCUT2D eigenvalue weighted by atomic mass is 16.3. The van der Waals surface area contributed by atoms with Gasteiger partial charge in [-0.15, -0.1) is 0 Å². The van der Waals surface area contributed by atoms with Crippen LogP contribution in [0.4, 0.5) is 0 Å². The standard InChI is InChI=1S/C15H25NO2/c1-2-3-4-5-6-7-8-9-10-16-14(17)12-11-13(12)15(16)18/h17-18H,2-11H2,1H3. The fourth-order valence-corrected chi connectivity index (χ4v) is 2.60. The fourth-order valence-electron chi connectivity index (χ4n) is 2.60. The first-order chi connectivity index (χ1) is 8.75. The van der Waals surface area contributed by atoms with Gasteiger partial charge in [0.05, 0.1) is 0 Å². The van der Waals surface area contributed by atoms with Crippen molar-refractivity contribution in [2.45, 2.75) is 71.3 Å². The minimum absolute atomic E-state index is 0.297. The molecule has 1 aromatic rings. The molecule has 3 heteroatoms. The van der Waals surface area contributed by atoms with Crippen molar-refractivity contribution in [1.29, 1.82) is 0 Å². The molecule has 0 aromatic carbocycles. The van der Waals surface area contributed by atoms with Crippen molar-refractivity contribution in [3.63, 3.8) is 0 Å². The summed E-state index contributed by atoms with van der Waals surface area (Å²) in [7, 11) is 0. The Morgan fingerprint density at radius 2 is 1.33 bits per heavy atom. The third kappa shape index (κ3) is 3.01. The van der Waals surface area contributed by atoms with Crippen molar-refractivity contribution in [2.75, 3.05) is 0 Å². The summed E-state index contributed by atoms with van der Waals surface area (Å²) < 4.78 is 1.66. The molecule has 0 saturated carbocycles. The van der Waals surface area contributed by atoms with E-state index in [0.29, 0.717) is 11.8 Å². The Kier molecular flexibility index (Phi) is 4.56. The van der Waals surface area contributed by atoms with Crippen LogP contribution < -0.4 is 0 Å². The van der Waals surface area contributed by atoms with Gasteiger partial charge in [0.1, 0.15) is 0 Å². The van der Waals surface area contributed by atoms with Crippen LogP contribution >= 0.6 is 0 Å². The fraction of sp³-hybridized carbons (Fsp3) is 0.733. The van der Waals surface area contributed by atoms with Gasteiger partial charge in [-0.3, -0.25) is 4.57 Å². The van der Waals surface area contributed by atoms with Gasteiger partial charge in [-0.2, -0.15) is 0 Å². The van der Waals surface area contributed by atoms with Crippen molar-refractivity contribution >= 4 is 0 Å². The first-order valence-electron chi connectivity index (χ1n) is 7.37. The second-order valence-electron chi connectivity index (χ2n) is 5.41. The molecule has 1 heterocycles. The molecule has 2 rings (SSSR count). The smallest absolute Gasteiger partial charge is 0.197 e. The van der Waals surface area contributed by atoms with E-state index in [1.54, 1.807) is 4.57 Å². The van der Waals surface area contributed by atoms with Gasteiger partial charge in [0, 0.05) is 24.1 Å². The molecule has 0 bridgehead atoms. The topological polar surface area (TPSA) is 45.4 Å². The minimum Gasteiger partial charge on any atom is -0.494 e. The molecular weight excluding hydrogens is 226 g/mol. The zero-order chi connectivity index (χ0) is 13.0. The first-order valence-corrected chi connectivity index (χ1v) is 7.37. The summed E-state index contributed by atoms with van der Waals surface area (Å²) in [4.78, 5) is 0. The van der Waals surface area contributed by atoms with E-state index in [0.717, 1.165) is 30.5 Å². The first kappa shape index (κ1) is 13.3. The molecule has 3 nitrogen and oxygen atoms in total. The summed E-state index contributed by atoms with van der Waals surface area (Å²) in [6.07, 6.45) is 11.0. The third-order valence-corrected chi connectivity index (χ3v) is 3.88. The minimum atomic E-state index is 0.297. The summed E-state index contributed by atoms with van der Waals surface area (Å²) in [5.74, 6) is 0.593. The lowest BCUT2D eigenvalue weighted by Gasteiger charge is -2.08. The summed E-state index contributed by atoms with van der Waals surface area (Å²) in [5.41, 5.74) is 1.90. The quantitative estimate of drug-likeness (QED) is 0.663. The average molecular weight is 251 g/mol. The van der Waals surface area contributed by atoms with E-state index in [1.165, 1.54) is 44.9 Å². The SMILES string of the molecule is CCCCCCCCCCn1c(O)c2c(c1O)C2. The Morgan fingerprint density at radius 3 is 1.89 bits per heavy atom. The second-order valence-corrected chi connectivity index (χ2v) is 5.41. The number of aromatic nitrogens is 1. The van der Waals surface area contributed by atoms with Crippen LogP contribution in [0.3, 0.4) is 0 Å². The molecule has 0 spiro atoms. The lowest BCUT2D eigenvalue weighted by atomic mass is 10.1. The molecule has 0 unspecified atom stereocenters. The number of nitrogens with zero attached hydrogens (tertiary/aromatic N) is 1. The summed E-state index contributed by atoms with van der Waals surface area (Å²) >= 11 is 0. The van der Waals surface area contributed by atoms with Crippen LogP contribution in [-0.4, -0.2) is 14.8 Å². The van der Waals surface area contributed by atoms with Crippen LogP contribution in [0.25, 0.3) is 0 Å². The highest BCUT2D eigenvalue weighted by molar-refractivity contribution is 5.59. The molecule has 0 amide bonds. The van der Waals surface area contributed by atoms with E-state index in [2.05, 4.69) is 6.92 Å². The largest absolute Gasteiger partial charge is 0.494 e. The molecule has 0 atom stereocenters. The maximum Gasteiger partial charge on any atom is 0.197 e. The number of hydrogen-bond donors (Lipinski definition) is 2.